The Morgan fingerprint density at radius 1 is 1.32 bits per heavy atom. The molecule has 1 aromatic carbocycles. The minimum Gasteiger partial charge on any atom is -0.456 e. The zero-order valence-electron chi connectivity index (χ0n) is 12.3. The number of alkyl halides is 1. The Hall–Kier alpha value is -2.20. The van der Waals surface area contributed by atoms with E-state index in [9.17, 15) is 4.79 Å². The second-order valence-electron chi connectivity index (χ2n) is 5.19. The fraction of sp³-hybridized carbons (Fsp3) is 0.235. The number of hydrogen-bond acceptors (Lipinski definition) is 2. The van der Waals surface area contributed by atoms with E-state index in [0.717, 1.165) is 17.5 Å². The molecule has 3 aromatic rings. The predicted molar refractivity (Wildman–Crippen MR) is 87.3 cm³/mol. The molecule has 0 saturated carbocycles. The van der Waals surface area contributed by atoms with Crippen LogP contribution in [0, 0.1) is 6.92 Å². The van der Waals surface area contributed by atoms with Crippen LogP contribution in [0.15, 0.2) is 40.9 Å². The van der Waals surface area contributed by atoms with E-state index in [2.05, 4.69) is 16.4 Å². The third-order valence-corrected chi connectivity index (χ3v) is 4.03. The van der Waals surface area contributed by atoms with Gasteiger partial charge in [0.1, 0.15) is 5.76 Å². The van der Waals surface area contributed by atoms with Crippen LogP contribution in [0.3, 0.4) is 0 Å². The maximum absolute atomic E-state index is 12.1. The van der Waals surface area contributed by atoms with E-state index >= 15 is 0 Å². The first-order valence-corrected chi connectivity index (χ1v) is 7.71. The van der Waals surface area contributed by atoms with Gasteiger partial charge in [0.15, 0.2) is 5.76 Å². The van der Waals surface area contributed by atoms with Crippen LogP contribution in [-0.2, 0) is 12.3 Å². The van der Waals surface area contributed by atoms with E-state index in [1.165, 1.54) is 10.9 Å². The average Bonchev–Trinajstić information content (AvgIpc) is 3.11. The van der Waals surface area contributed by atoms with Crippen molar-refractivity contribution in [3.63, 3.8) is 0 Å². The van der Waals surface area contributed by atoms with Crippen LogP contribution in [0.5, 0.6) is 0 Å². The largest absolute Gasteiger partial charge is 0.456 e. The highest BCUT2D eigenvalue weighted by molar-refractivity contribution is 6.17. The lowest BCUT2D eigenvalue weighted by Gasteiger charge is -2.02. The molecule has 0 unspecified atom stereocenters. The van der Waals surface area contributed by atoms with E-state index in [-0.39, 0.29) is 5.91 Å². The Balaban J connectivity index is 1.61. The van der Waals surface area contributed by atoms with Crippen molar-refractivity contribution in [3.05, 3.63) is 59.2 Å². The molecule has 0 bridgehead atoms. The monoisotopic (exact) mass is 316 g/mol. The summed E-state index contributed by atoms with van der Waals surface area (Å²) in [7, 11) is 0. The van der Waals surface area contributed by atoms with E-state index < -0.39 is 0 Å². The lowest BCUT2D eigenvalue weighted by atomic mass is 10.1. The molecule has 1 amide bonds. The van der Waals surface area contributed by atoms with E-state index in [1.54, 1.807) is 13.0 Å². The summed E-state index contributed by atoms with van der Waals surface area (Å²) in [5.41, 5.74) is 3.15. The van der Waals surface area contributed by atoms with Gasteiger partial charge in [0.05, 0.1) is 5.88 Å². The number of halogens is 1. The zero-order valence-corrected chi connectivity index (χ0v) is 13.0. The third kappa shape index (κ3) is 2.88. The van der Waals surface area contributed by atoms with Crippen LogP contribution in [0.2, 0.25) is 0 Å². The minimum atomic E-state index is -0.209. The molecule has 4 nitrogen and oxygen atoms in total. The molecule has 0 aliphatic heterocycles. The van der Waals surface area contributed by atoms with Crippen molar-refractivity contribution in [1.29, 1.82) is 0 Å². The van der Waals surface area contributed by atoms with Crippen LogP contribution in [0.1, 0.15) is 27.4 Å². The van der Waals surface area contributed by atoms with E-state index in [0.29, 0.717) is 23.9 Å². The van der Waals surface area contributed by atoms with Gasteiger partial charge in [0.2, 0.25) is 0 Å². The summed E-state index contributed by atoms with van der Waals surface area (Å²) in [6, 6.07) is 9.82. The van der Waals surface area contributed by atoms with Crippen molar-refractivity contribution in [2.45, 2.75) is 19.2 Å². The number of nitrogens with one attached hydrogen (secondary N) is 2. The Morgan fingerprint density at radius 2 is 2.14 bits per heavy atom. The average molecular weight is 317 g/mol. The summed E-state index contributed by atoms with van der Waals surface area (Å²) < 4.78 is 5.42. The number of furan rings is 1. The lowest BCUT2D eigenvalue weighted by Crippen LogP contribution is -2.25. The number of carbonyl (C=O) groups excluding carboxylic acids is 1. The Bertz CT molecular complexity index is 804. The standard InChI is InChI=1S/C17H17ClN2O2/c1-11-13(9-18)8-16(22-11)17(21)19-7-6-12-10-20-15-5-3-2-4-14(12)15/h2-5,8,10,20H,6-7,9H2,1H3,(H,19,21). The molecule has 114 valence electrons. The van der Waals surface area contributed by atoms with Crippen LogP contribution in [-0.4, -0.2) is 17.4 Å². The minimum absolute atomic E-state index is 0.209. The summed E-state index contributed by atoms with van der Waals surface area (Å²) in [6.45, 7) is 2.36. The van der Waals surface area contributed by atoms with Crippen LogP contribution >= 0.6 is 11.6 Å². The fourth-order valence-corrected chi connectivity index (χ4v) is 2.77. The molecule has 2 N–H and O–H groups in total. The number of carbonyl (C=O) groups is 1. The van der Waals surface area contributed by atoms with Crippen molar-refractivity contribution < 1.29 is 9.21 Å². The summed E-state index contributed by atoms with van der Waals surface area (Å²) in [4.78, 5) is 15.3. The molecule has 2 aromatic heterocycles. The molecule has 0 aliphatic carbocycles. The van der Waals surface area contributed by atoms with Gasteiger partial charge in [-0.15, -0.1) is 11.6 Å². The molecule has 2 heterocycles. The molecule has 3 rings (SSSR count). The van der Waals surface area contributed by atoms with Crippen LogP contribution in [0.4, 0.5) is 0 Å². The van der Waals surface area contributed by atoms with Crippen molar-refractivity contribution in [1.82, 2.24) is 10.3 Å². The number of amides is 1. The molecular weight excluding hydrogens is 300 g/mol. The van der Waals surface area contributed by atoms with Gasteiger partial charge in [0, 0.05) is 29.2 Å². The van der Waals surface area contributed by atoms with Crippen molar-refractivity contribution >= 4 is 28.4 Å². The fourth-order valence-electron chi connectivity index (χ4n) is 2.50. The summed E-state index contributed by atoms with van der Waals surface area (Å²) >= 11 is 5.78. The second kappa shape index (κ2) is 6.28. The SMILES string of the molecule is Cc1oc(C(=O)NCCc2c[nH]c3ccccc23)cc1CCl. The smallest absolute Gasteiger partial charge is 0.287 e. The molecule has 0 atom stereocenters. The predicted octanol–water partition coefficient (Wildman–Crippen LogP) is 3.78. The summed E-state index contributed by atoms with van der Waals surface area (Å²) in [6.07, 6.45) is 2.75. The van der Waals surface area contributed by atoms with Gasteiger partial charge in [-0.3, -0.25) is 4.79 Å². The van der Waals surface area contributed by atoms with Gasteiger partial charge >= 0.3 is 0 Å². The van der Waals surface area contributed by atoms with Gasteiger partial charge in [0.25, 0.3) is 5.91 Å². The number of benzene rings is 1. The van der Waals surface area contributed by atoms with Crippen molar-refractivity contribution in [2.75, 3.05) is 6.54 Å². The third-order valence-electron chi connectivity index (χ3n) is 3.74. The molecule has 0 aliphatic rings. The first kappa shape index (κ1) is 14.7. The van der Waals surface area contributed by atoms with Gasteiger partial charge in [-0.2, -0.15) is 0 Å². The lowest BCUT2D eigenvalue weighted by molar-refractivity contribution is 0.0925. The van der Waals surface area contributed by atoms with E-state index in [1.807, 2.05) is 24.4 Å². The van der Waals surface area contributed by atoms with E-state index in [4.69, 9.17) is 16.0 Å². The highest BCUT2D eigenvalue weighted by Crippen LogP contribution is 2.18. The van der Waals surface area contributed by atoms with Crippen LogP contribution < -0.4 is 5.32 Å². The molecule has 0 saturated heterocycles. The maximum atomic E-state index is 12.1. The number of fused-ring (bicyclic) bond motifs is 1. The summed E-state index contributed by atoms with van der Waals surface area (Å²) in [5, 5.41) is 4.07. The maximum Gasteiger partial charge on any atom is 0.287 e. The highest BCUT2D eigenvalue weighted by Gasteiger charge is 2.13. The number of aromatic amines is 1. The number of hydrogen-bond donors (Lipinski definition) is 2. The molecule has 0 radical (unpaired) electrons. The van der Waals surface area contributed by atoms with Gasteiger partial charge < -0.3 is 14.7 Å². The first-order chi connectivity index (χ1) is 10.7. The molecule has 0 fully saturated rings. The topological polar surface area (TPSA) is 58.0 Å². The first-order valence-electron chi connectivity index (χ1n) is 7.17. The number of rotatable bonds is 5. The van der Waals surface area contributed by atoms with Gasteiger partial charge in [-0.05, 0) is 31.0 Å². The number of para-hydroxylation sites is 1. The number of H-pyrrole nitrogens is 1. The highest BCUT2D eigenvalue weighted by atomic mass is 35.5. The van der Waals surface area contributed by atoms with Crippen LogP contribution in [0.25, 0.3) is 10.9 Å². The van der Waals surface area contributed by atoms with Gasteiger partial charge in [-0.25, -0.2) is 0 Å². The van der Waals surface area contributed by atoms with Gasteiger partial charge in [-0.1, -0.05) is 18.2 Å². The molecule has 0 spiro atoms. The number of aromatic nitrogens is 1. The Morgan fingerprint density at radius 3 is 2.91 bits per heavy atom. The summed E-state index contributed by atoms with van der Waals surface area (Å²) in [5.74, 6) is 1.14. The second-order valence-corrected chi connectivity index (χ2v) is 5.46. The van der Waals surface area contributed by atoms with Crippen molar-refractivity contribution in [2.24, 2.45) is 0 Å². The molecule has 22 heavy (non-hydrogen) atoms. The van der Waals surface area contributed by atoms with Crippen molar-refractivity contribution in [3.8, 4) is 0 Å². The molecule has 5 heteroatoms. The zero-order chi connectivity index (χ0) is 15.5. The quantitative estimate of drug-likeness (QED) is 0.704. The number of aryl methyl sites for hydroxylation is 1. The Labute approximate surface area is 133 Å². The molecular formula is C17H17ClN2O2. The normalized spacial score (nSPS) is 11.0. The Kier molecular flexibility index (Phi) is 4.20.